The number of likely N-dealkylation sites (N-methyl/N-ethyl adjacent to an activating group) is 1. The summed E-state index contributed by atoms with van der Waals surface area (Å²) in [6.45, 7) is 11.3. The van der Waals surface area contributed by atoms with E-state index < -0.39 is 0 Å². The van der Waals surface area contributed by atoms with Crippen molar-refractivity contribution in [1.82, 2.24) is 15.2 Å². The second-order valence-corrected chi connectivity index (χ2v) is 6.63. The third kappa shape index (κ3) is 6.90. The average molecular weight is 347 g/mol. The van der Waals surface area contributed by atoms with Crippen LogP contribution in [-0.4, -0.2) is 55.1 Å². The van der Waals surface area contributed by atoms with Gasteiger partial charge in [-0.05, 0) is 30.7 Å². The topological polar surface area (TPSA) is 69.8 Å². The lowest BCUT2D eigenvalue weighted by Gasteiger charge is -2.34. The molecule has 0 unspecified atom stereocenters. The first-order valence-corrected chi connectivity index (χ1v) is 9.69. The molecule has 2 heterocycles. The largest absolute Gasteiger partial charge is 0.370 e. The molecule has 0 bridgehead atoms. The minimum absolute atomic E-state index is 0.534. The van der Waals surface area contributed by atoms with Crippen molar-refractivity contribution in [3.05, 3.63) is 23.9 Å². The summed E-state index contributed by atoms with van der Waals surface area (Å²) in [6.07, 6.45) is 6.80. The normalized spacial score (nSPS) is 16.2. The highest BCUT2D eigenvalue weighted by Gasteiger charge is 2.16. The Hall–Kier alpha value is -1.82. The number of hydrogen-bond acceptors (Lipinski definition) is 4. The number of pyridine rings is 1. The number of aromatic nitrogens is 1. The predicted molar refractivity (Wildman–Crippen MR) is 106 cm³/mol. The van der Waals surface area contributed by atoms with Crippen LogP contribution in [0.1, 0.15) is 45.1 Å². The van der Waals surface area contributed by atoms with Gasteiger partial charge in [-0.3, -0.25) is 0 Å². The number of rotatable bonds is 9. The first-order valence-electron chi connectivity index (χ1n) is 9.69. The molecule has 1 aliphatic heterocycles. The van der Waals surface area contributed by atoms with Crippen molar-refractivity contribution in [2.45, 2.75) is 46.1 Å². The lowest BCUT2D eigenvalue weighted by Crippen LogP contribution is -2.46. The maximum absolute atomic E-state index is 5.96. The molecule has 6 nitrogen and oxygen atoms in total. The van der Waals surface area contributed by atoms with Gasteiger partial charge in [-0.15, -0.1) is 0 Å². The van der Waals surface area contributed by atoms with Gasteiger partial charge < -0.3 is 20.9 Å². The lowest BCUT2D eigenvalue weighted by molar-refractivity contribution is 0.270. The predicted octanol–water partition coefficient (Wildman–Crippen LogP) is 2.21. The molecule has 0 spiro atoms. The minimum Gasteiger partial charge on any atom is -0.370 e. The molecule has 0 saturated carbocycles. The smallest absolute Gasteiger partial charge is 0.188 e. The van der Waals surface area contributed by atoms with E-state index in [-0.39, 0.29) is 0 Å². The van der Waals surface area contributed by atoms with Gasteiger partial charge in [0.1, 0.15) is 5.82 Å². The van der Waals surface area contributed by atoms with E-state index in [1.54, 1.807) is 0 Å². The molecule has 25 heavy (non-hydrogen) atoms. The van der Waals surface area contributed by atoms with Gasteiger partial charge in [-0.25, -0.2) is 9.98 Å². The Bertz CT molecular complexity index is 522. The monoisotopic (exact) mass is 346 g/mol. The van der Waals surface area contributed by atoms with Gasteiger partial charge in [-0.2, -0.15) is 0 Å². The van der Waals surface area contributed by atoms with E-state index in [4.69, 9.17) is 5.73 Å². The van der Waals surface area contributed by atoms with Crippen LogP contribution in [0.4, 0.5) is 5.82 Å². The van der Waals surface area contributed by atoms with Crippen LogP contribution in [0.5, 0.6) is 0 Å². The van der Waals surface area contributed by atoms with E-state index in [2.05, 4.69) is 45.0 Å². The van der Waals surface area contributed by atoms with Crippen molar-refractivity contribution >= 4 is 11.8 Å². The van der Waals surface area contributed by atoms with Gasteiger partial charge in [0.25, 0.3) is 0 Å². The molecule has 0 aliphatic carbocycles. The number of hydrogen-bond donors (Lipinski definition) is 2. The van der Waals surface area contributed by atoms with E-state index in [0.717, 1.165) is 57.1 Å². The maximum atomic E-state index is 5.96. The Kier molecular flexibility index (Phi) is 8.52. The first-order chi connectivity index (χ1) is 12.2. The molecule has 0 aromatic carbocycles. The summed E-state index contributed by atoms with van der Waals surface area (Å²) in [7, 11) is 0. The third-order valence-corrected chi connectivity index (χ3v) is 4.72. The Morgan fingerprint density at radius 2 is 2.00 bits per heavy atom. The van der Waals surface area contributed by atoms with Crippen LogP contribution >= 0.6 is 0 Å². The molecule has 3 N–H and O–H groups in total. The number of unbranched alkanes of at least 4 members (excludes halogenated alkanes) is 3. The van der Waals surface area contributed by atoms with Gasteiger partial charge in [0.2, 0.25) is 0 Å². The minimum atomic E-state index is 0.534. The standard InChI is InChI=1S/C19H34N6/c1-3-5-6-7-9-22-19(20)23-16-17-8-10-21-18(15-17)25-13-11-24(4-2)12-14-25/h8,10,15H,3-7,9,11-14,16H2,1-2H3,(H3,20,22,23). The van der Waals surface area contributed by atoms with Crippen molar-refractivity contribution in [1.29, 1.82) is 0 Å². The summed E-state index contributed by atoms with van der Waals surface area (Å²) in [5.74, 6) is 1.58. The van der Waals surface area contributed by atoms with Crippen LogP contribution < -0.4 is 16.0 Å². The molecule has 140 valence electrons. The lowest BCUT2D eigenvalue weighted by atomic mass is 10.2. The van der Waals surface area contributed by atoms with Crippen molar-refractivity contribution in [2.24, 2.45) is 10.7 Å². The Morgan fingerprint density at radius 1 is 1.20 bits per heavy atom. The number of anilines is 1. The molecule has 1 aromatic rings. The summed E-state index contributed by atoms with van der Waals surface area (Å²) in [5.41, 5.74) is 7.11. The second kappa shape index (κ2) is 10.9. The van der Waals surface area contributed by atoms with Crippen LogP contribution in [-0.2, 0) is 6.54 Å². The van der Waals surface area contributed by atoms with E-state index in [9.17, 15) is 0 Å². The SMILES string of the molecule is CCCCCCNC(N)=NCc1ccnc(N2CCN(CC)CC2)c1. The fraction of sp³-hybridized carbons (Fsp3) is 0.684. The number of nitrogens with one attached hydrogen (secondary N) is 1. The number of piperazine rings is 1. The molecule has 1 aliphatic rings. The van der Waals surface area contributed by atoms with Gasteiger partial charge in [0.15, 0.2) is 5.96 Å². The summed E-state index contributed by atoms with van der Waals surface area (Å²) < 4.78 is 0. The summed E-state index contributed by atoms with van der Waals surface area (Å²) in [5, 5.41) is 3.20. The highest BCUT2D eigenvalue weighted by molar-refractivity contribution is 5.77. The first kappa shape index (κ1) is 19.5. The zero-order valence-electron chi connectivity index (χ0n) is 15.9. The Labute approximate surface area is 152 Å². The summed E-state index contributed by atoms with van der Waals surface area (Å²) in [6, 6.07) is 4.16. The van der Waals surface area contributed by atoms with Crippen LogP contribution in [0.3, 0.4) is 0 Å². The zero-order valence-corrected chi connectivity index (χ0v) is 15.9. The van der Waals surface area contributed by atoms with E-state index in [1.807, 2.05) is 12.3 Å². The molecule has 0 radical (unpaired) electrons. The molecular weight excluding hydrogens is 312 g/mol. The molecule has 1 saturated heterocycles. The number of guanidine groups is 1. The highest BCUT2D eigenvalue weighted by atomic mass is 15.3. The van der Waals surface area contributed by atoms with Crippen molar-refractivity contribution in [3.63, 3.8) is 0 Å². The van der Waals surface area contributed by atoms with Gasteiger partial charge in [0.05, 0.1) is 6.54 Å². The fourth-order valence-electron chi connectivity index (χ4n) is 3.03. The van der Waals surface area contributed by atoms with Crippen LogP contribution in [0.15, 0.2) is 23.3 Å². The van der Waals surface area contributed by atoms with Crippen LogP contribution in [0.2, 0.25) is 0 Å². The van der Waals surface area contributed by atoms with Crippen molar-refractivity contribution < 1.29 is 0 Å². The summed E-state index contributed by atoms with van der Waals surface area (Å²) in [4.78, 5) is 13.8. The average Bonchev–Trinajstić information content (AvgIpc) is 2.66. The van der Waals surface area contributed by atoms with Crippen LogP contribution in [0, 0.1) is 0 Å². The van der Waals surface area contributed by atoms with Gasteiger partial charge in [0, 0.05) is 38.9 Å². The molecule has 0 amide bonds. The second-order valence-electron chi connectivity index (χ2n) is 6.63. The third-order valence-electron chi connectivity index (χ3n) is 4.72. The van der Waals surface area contributed by atoms with E-state index >= 15 is 0 Å². The molecule has 1 aromatic heterocycles. The molecule has 0 atom stereocenters. The molecule has 1 fully saturated rings. The highest BCUT2D eigenvalue weighted by Crippen LogP contribution is 2.15. The van der Waals surface area contributed by atoms with Crippen molar-refractivity contribution in [3.8, 4) is 0 Å². The van der Waals surface area contributed by atoms with E-state index in [0.29, 0.717) is 12.5 Å². The maximum Gasteiger partial charge on any atom is 0.188 e. The number of nitrogens with zero attached hydrogens (tertiary/aromatic N) is 4. The molecule has 6 heteroatoms. The Balaban J connectivity index is 1.79. The summed E-state index contributed by atoms with van der Waals surface area (Å²) >= 11 is 0. The van der Waals surface area contributed by atoms with Crippen LogP contribution in [0.25, 0.3) is 0 Å². The van der Waals surface area contributed by atoms with E-state index in [1.165, 1.54) is 19.3 Å². The van der Waals surface area contributed by atoms with Gasteiger partial charge in [-0.1, -0.05) is 33.1 Å². The Morgan fingerprint density at radius 3 is 2.72 bits per heavy atom. The number of nitrogens with two attached hydrogens (primary N) is 1. The molecule has 2 rings (SSSR count). The fourth-order valence-corrected chi connectivity index (χ4v) is 3.03. The number of aliphatic imine (C=N–C) groups is 1. The quantitative estimate of drug-likeness (QED) is 0.408. The molecular formula is C19H34N6. The van der Waals surface area contributed by atoms with Gasteiger partial charge >= 0.3 is 0 Å². The van der Waals surface area contributed by atoms with Crippen molar-refractivity contribution in [2.75, 3.05) is 44.2 Å². The zero-order chi connectivity index (χ0) is 17.9.